The molecule has 1 aliphatic carbocycles. The summed E-state index contributed by atoms with van der Waals surface area (Å²) in [4.78, 5) is 14.1. The second-order valence-corrected chi connectivity index (χ2v) is 5.88. The second-order valence-electron chi connectivity index (χ2n) is 5.88. The Kier molecular flexibility index (Phi) is 1.85. The van der Waals surface area contributed by atoms with Gasteiger partial charge in [-0.2, -0.15) is 0 Å². The maximum Gasteiger partial charge on any atom is 0.197 e. The number of hydrogen-bond acceptors (Lipinski definition) is 1. The van der Waals surface area contributed by atoms with Gasteiger partial charge in [-0.25, -0.2) is 0 Å². The fourth-order valence-corrected chi connectivity index (χ4v) is 4.23. The van der Waals surface area contributed by atoms with Crippen LogP contribution in [0.15, 0.2) is 30.3 Å². The Labute approximate surface area is 102 Å². The van der Waals surface area contributed by atoms with Crippen LogP contribution < -0.4 is 4.90 Å². The number of rotatable bonds is 1. The van der Waals surface area contributed by atoms with Crippen molar-refractivity contribution in [3.63, 3.8) is 0 Å². The summed E-state index contributed by atoms with van der Waals surface area (Å²) in [6.45, 7) is 2.44. The highest BCUT2D eigenvalue weighted by atomic mass is 16.1. The van der Waals surface area contributed by atoms with Crippen molar-refractivity contribution in [3.05, 3.63) is 35.9 Å². The van der Waals surface area contributed by atoms with Crippen LogP contribution in [-0.4, -0.2) is 24.4 Å². The minimum Gasteiger partial charge on any atom is -0.323 e. The van der Waals surface area contributed by atoms with Crippen LogP contribution in [0.1, 0.15) is 30.7 Å². The molecule has 2 bridgehead atoms. The zero-order chi connectivity index (χ0) is 11.5. The normalized spacial score (nSPS) is 43.1. The second kappa shape index (κ2) is 3.20. The lowest BCUT2D eigenvalue weighted by Crippen LogP contribution is -3.22. The van der Waals surface area contributed by atoms with E-state index in [-0.39, 0.29) is 5.54 Å². The third-order valence-corrected chi connectivity index (χ3v) is 5.19. The fraction of sp³-hybridized carbons (Fsp3) is 0.533. The number of piperidine rings is 3. The SMILES string of the molecule is O=C1C2CC[NH+](CC2)[C@@]12C[C@@H]2c1ccccc1. The molecule has 1 aromatic carbocycles. The predicted molar refractivity (Wildman–Crippen MR) is 65.0 cm³/mol. The first-order chi connectivity index (χ1) is 8.32. The van der Waals surface area contributed by atoms with E-state index in [1.54, 1.807) is 4.90 Å². The number of ketones is 1. The summed E-state index contributed by atoms with van der Waals surface area (Å²) in [6.07, 6.45) is 3.37. The number of fused-ring (bicyclic) bond motifs is 2. The van der Waals surface area contributed by atoms with E-state index < -0.39 is 0 Å². The Morgan fingerprint density at radius 3 is 2.47 bits per heavy atom. The maximum atomic E-state index is 12.5. The van der Waals surface area contributed by atoms with Gasteiger partial charge in [-0.15, -0.1) is 0 Å². The van der Waals surface area contributed by atoms with Crippen molar-refractivity contribution >= 4 is 5.78 Å². The van der Waals surface area contributed by atoms with Crippen molar-refractivity contribution in [1.29, 1.82) is 0 Å². The average Bonchev–Trinajstić information content (AvgIpc) is 3.13. The molecule has 1 N–H and O–H groups in total. The van der Waals surface area contributed by atoms with Gasteiger partial charge in [0.25, 0.3) is 0 Å². The monoisotopic (exact) mass is 228 g/mol. The van der Waals surface area contributed by atoms with Crippen LogP contribution in [0.2, 0.25) is 0 Å². The minimum atomic E-state index is 0.00250. The van der Waals surface area contributed by atoms with Crippen molar-refractivity contribution in [1.82, 2.24) is 0 Å². The smallest absolute Gasteiger partial charge is 0.197 e. The van der Waals surface area contributed by atoms with Crippen LogP contribution in [0.5, 0.6) is 0 Å². The lowest BCUT2D eigenvalue weighted by atomic mass is 9.79. The van der Waals surface area contributed by atoms with Crippen molar-refractivity contribution in [2.45, 2.75) is 30.7 Å². The summed E-state index contributed by atoms with van der Waals surface area (Å²) in [5.74, 6) is 1.48. The standard InChI is InChI=1S/C15H17NO/c17-14-12-6-8-16(9-7-12)15(14)10-13(15)11-4-2-1-3-5-11/h1-5,12-13H,6-10H2/p+1/t13-,15-/m1/s1. The van der Waals surface area contributed by atoms with Crippen LogP contribution in [0.3, 0.4) is 0 Å². The Morgan fingerprint density at radius 2 is 1.82 bits per heavy atom. The summed E-state index contributed by atoms with van der Waals surface area (Å²) in [5.41, 5.74) is 1.38. The molecule has 4 aliphatic rings. The van der Waals surface area contributed by atoms with Crippen LogP contribution in [-0.2, 0) is 4.79 Å². The highest BCUT2D eigenvalue weighted by Crippen LogP contribution is 2.53. The van der Waals surface area contributed by atoms with Crippen molar-refractivity contribution in [2.75, 3.05) is 13.1 Å². The number of carbonyl (C=O) groups excluding carboxylic acids is 1. The molecule has 3 saturated heterocycles. The molecule has 4 fully saturated rings. The van der Waals surface area contributed by atoms with Gasteiger partial charge in [-0.1, -0.05) is 30.3 Å². The first-order valence-corrected chi connectivity index (χ1v) is 6.77. The Hall–Kier alpha value is -1.15. The van der Waals surface area contributed by atoms with Crippen LogP contribution in [0, 0.1) is 5.92 Å². The number of nitrogens with one attached hydrogen (secondary N) is 1. The lowest BCUT2D eigenvalue weighted by molar-refractivity contribution is -0.939. The molecule has 5 rings (SSSR count). The van der Waals surface area contributed by atoms with Gasteiger partial charge in [0, 0.05) is 25.2 Å². The number of carbonyl (C=O) groups is 1. The molecule has 0 unspecified atom stereocenters. The van der Waals surface area contributed by atoms with Crippen molar-refractivity contribution in [2.24, 2.45) is 5.92 Å². The molecule has 3 aliphatic heterocycles. The number of quaternary nitrogens is 1. The molecule has 88 valence electrons. The Morgan fingerprint density at radius 1 is 1.12 bits per heavy atom. The van der Waals surface area contributed by atoms with Crippen molar-refractivity contribution < 1.29 is 9.69 Å². The topological polar surface area (TPSA) is 21.5 Å². The van der Waals surface area contributed by atoms with E-state index in [1.807, 2.05) is 0 Å². The third-order valence-electron chi connectivity index (χ3n) is 5.19. The van der Waals surface area contributed by atoms with Gasteiger partial charge in [0.1, 0.15) is 0 Å². The van der Waals surface area contributed by atoms with E-state index >= 15 is 0 Å². The van der Waals surface area contributed by atoms with Crippen LogP contribution >= 0.6 is 0 Å². The number of hydrogen-bond donors (Lipinski definition) is 1. The molecule has 17 heavy (non-hydrogen) atoms. The summed E-state index contributed by atoms with van der Waals surface area (Å²) < 4.78 is 0. The van der Waals surface area contributed by atoms with E-state index in [0.717, 1.165) is 19.3 Å². The Bertz CT molecular complexity index is 461. The van der Waals surface area contributed by atoms with Gasteiger partial charge < -0.3 is 4.90 Å². The third kappa shape index (κ3) is 1.17. The molecule has 1 spiro atoms. The number of Topliss-reactive ketones (excluding diaryl/α,β-unsaturated/α-hetero) is 1. The fourth-order valence-electron chi connectivity index (χ4n) is 4.23. The van der Waals surface area contributed by atoms with Gasteiger partial charge in [0.2, 0.25) is 0 Å². The molecule has 1 aromatic rings. The summed E-state index contributed by atoms with van der Waals surface area (Å²) in [6, 6.07) is 10.6. The van der Waals surface area contributed by atoms with E-state index in [2.05, 4.69) is 30.3 Å². The molecule has 2 nitrogen and oxygen atoms in total. The largest absolute Gasteiger partial charge is 0.323 e. The Balaban J connectivity index is 1.70. The highest BCUT2D eigenvalue weighted by molar-refractivity contribution is 5.94. The quantitative estimate of drug-likeness (QED) is 0.754. The van der Waals surface area contributed by atoms with Crippen LogP contribution in [0.25, 0.3) is 0 Å². The van der Waals surface area contributed by atoms with E-state index in [9.17, 15) is 4.79 Å². The lowest BCUT2D eigenvalue weighted by Gasteiger charge is -2.42. The highest BCUT2D eigenvalue weighted by Gasteiger charge is 2.72. The molecule has 0 aromatic heterocycles. The molecule has 0 radical (unpaired) electrons. The summed E-state index contributed by atoms with van der Waals surface area (Å²) >= 11 is 0. The average molecular weight is 228 g/mol. The van der Waals surface area contributed by atoms with Gasteiger partial charge in [-0.05, 0) is 5.56 Å². The molecular formula is C15H18NO+. The molecule has 0 amide bonds. The predicted octanol–water partition coefficient (Wildman–Crippen LogP) is 0.790. The molecule has 3 heterocycles. The van der Waals surface area contributed by atoms with E-state index in [4.69, 9.17) is 0 Å². The van der Waals surface area contributed by atoms with Gasteiger partial charge in [-0.3, -0.25) is 4.79 Å². The van der Waals surface area contributed by atoms with Crippen molar-refractivity contribution in [3.8, 4) is 0 Å². The maximum absolute atomic E-state index is 12.5. The van der Waals surface area contributed by atoms with Gasteiger partial charge in [0.05, 0.1) is 19.0 Å². The number of benzene rings is 1. The minimum absolute atomic E-state index is 0.00250. The zero-order valence-corrected chi connectivity index (χ0v) is 9.99. The molecule has 2 atom stereocenters. The first-order valence-electron chi connectivity index (χ1n) is 6.77. The van der Waals surface area contributed by atoms with Gasteiger partial charge >= 0.3 is 0 Å². The van der Waals surface area contributed by atoms with E-state index in [0.29, 0.717) is 17.6 Å². The zero-order valence-electron chi connectivity index (χ0n) is 9.99. The molecule has 2 heteroatoms. The summed E-state index contributed by atoms with van der Waals surface area (Å²) in [7, 11) is 0. The molecular weight excluding hydrogens is 210 g/mol. The summed E-state index contributed by atoms with van der Waals surface area (Å²) in [5, 5.41) is 0. The molecule has 1 saturated carbocycles. The van der Waals surface area contributed by atoms with E-state index in [1.165, 1.54) is 18.7 Å². The van der Waals surface area contributed by atoms with Crippen LogP contribution in [0.4, 0.5) is 0 Å². The van der Waals surface area contributed by atoms with Gasteiger partial charge in [0.15, 0.2) is 11.3 Å². The first kappa shape index (κ1) is 9.84.